The summed E-state index contributed by atoms with van der Waals surface area (Å²) in [5.74, 6) is 0.0699. The Morgan fingerprint density at radius 2 is 1.96 bits per heavy atom. The number of quaternary nitrogens is 1. The Kier molecular flexibility index (Phi) is 5.92. The molecule has 6 nitrogen and oxygen atoms in total. The molecule has 0 aliphatic carbocycles. The third-order valence-corrected chi connectivity index (χ3v) is 5.39. The lowest BCUT2D eigenvalue weighted by atomic mass is 10.1. The van der Waals surface area contributed by atoms with Crippen LogP contribution >= 0.6 is 11.3 Å². The van der Waals surface area contributed by atoms with Crippen LogP contribution in [0.25, 0.3) is 16.3 Å². The number of amides is 2. The second-order valence-corrected chi connectivity index (χ2v) is 8.97. The monoisotopic (exact) mass is 387 g/mol. The zero-order valence-electron chi connectivity index (χ0n) is 16.1. The Balaban J connectivity index is 1.49. The van der Waals surface area contributed by atoms with Crippen LogP contribution in [-0.4, -0.2) is 60.0 Å². The Labute approximate surface area is 163 Å². The Morgan fingerprint density at radius 1 is 1.26 bits per heavy atom. The van der Waals surface area contributed by atoms with Crippen LogP contribution in [0.4, 0.5) is 0 Å². The van der Waals surface area contributed by atoms with Crippen LogP contribution in [0, 0.1) is 0 Å². The molecule has 1 aromatic carbocycles. The van der Waals surface area contributed by atoms with Crippen molar-refractivity contribution in [3.05, 3.63) is 35.3 Å². The number of carbonyl (C=O) groups is 2. The van der Waals surface area contributed by atoms with Crippen LogP contribution in [0.1, 0.15) is 25.8 Å². The predicted octanol–water partition coefficient (Wildman–Crippen LogP) is 0.951. The first-order valence-electron chi connectivity index (χ1n) is 9.27. The summed E-state index contributed by atoms with van der Waals surface area (Å²) >= 11 is 1.58. The van der Waals surface area contributed by atoms with Crippen LogP contribution in [0.5, 0.6) is 0 Å². The number of benzene rings is 1. The number of nitrogens with zero attached hydrogens (tertiary/aromatic N) is 2. The van der Waals surface area contributed by atoms with Crippen molar-refractivity contribution in [3.63, 3.8) is 0 Å². The molecule has 144 valence electrons. The van der Waals surface area contributed by atoms with Crippen molar-refractivity contribution in [1.82, 2.24) is 15.2 Å². The third-order valence-electron chi connectivity index (χ3n) is 4.39. The molecule has 2 amide bonds. The molecule has 1 aliphatic heterocycles. The van der Waals surface area contributed by atoms with Crippen molar-refractivity contribution in [2.24, 2.45) is 0 Å². The molecule has 7 heteroatoms. The summed E-state index contributed by atoms with van der Waals surface area (Å²) in [5, 5.41) is 3.83. The minimum Gasteiger partial charge on any atom is -0.347 e. The minimum atomic E-state index is -0.209. The number of rotatable bonds is 4. The van der Waals surface area contributed by atoms with E-state index in [4.69, 9.17) is 0 Å². The molecule has 1 fully saturated rings. The number of para-hydroxylation sites is 1. The number of thiazole rings is 1. The Bertz CT molecular complexity index is 812. The Morgan fingerprint density at radius 3 is 2.63 bits per heavy atom. The van der Waals surface area contributed by atoms with Crippen molar-refractivity contribution in [1.29, 1.82) is 0 Å². The molecule has 2 aromatic rings. The zero-order valence-corrected chi connectivity index (χ0v) is 16.9. The maximum Gasteiger partial charge on any atom is 0.275 e. The molecule has 3 rings (SSSR count). The predicted molar refractivity (Wildman–Crippen MR) is 109 cm³/mol. The van der Waals surface area contributed by atoms with E-state index in [2.05, 4.69) is 10.3 Å². The van der Waals surface area contributed by atoms with Gasteiger partial charge in [-0.05, 0) is 39.0 Å². The summed E-state index contributed by atoms with van der Waals surface area (Å²) in [6.07, 6.45) is 3.40. The summed E-state index contributed by atoms with van der Waals surface area (Å²) in [7, 11) is 0. The van der Waals surface area contributed by atoms with Gasteiger partial charge < -0.3 is 15.1 Å². The van der Waals surface area contributed by atoms with Crippen LogP contribution < -0.4 is 10.2 Å². The molecule has 0 bridgehead atoms. The zero-order chi connectivity index (χ0) is 19.4. The normalized spacial score (nSPS) is 16.2. The molecule has 0 spiro atoms. The number of hydrogen-bond donors (Lipinski definition) is 2. The highest BCUT2D eigenvalue weighted by atomic mass is 32.1. The fourth-order valence-corrected chi connectivity index (χ4v) is 3.99. The van der Waals surface area contributed by atoms with Gasteiger partial charge in [-0.25, -0.2) is 4.98 Å². The highest BCUT2D eigenvalue weighted by Gasteiger charge is 2.25. The number of piperazine rings is 1. The van der Waals surface area contributed by atoms with Crippen LogP contribution in [0.3, 0.4) is 0 Å². The molecule has 1 aliphatic rings. The highest BCUT2D eigenvalue weighted by molar-refractivity contribution is 7.19. The second-order valence-electron chi connectivity index (χ2n) is 7.90. The summed E-state index contributed by atoms with van der Waals surface area (Å²) < 4.78 is 1.12. The number of carbonyl (C=O) groups excluding carboxylic acids is 2. The van der Waals surface area contributed by atoms with E-state index in [1.54, 1.807) is 23.5 Å². The van der Waals surface area contributed by atoms with E-state index in [1.165, 1.54) is 4.90 Å². The quantitative estimate of drug-likeness (QED) is 0.768. The lowest BCUT2D eigenvalue weighted by Crippen LogP contribution is -3.16. The first-order valence-corrected chi connectivity index (χ1v) is 10.1. The van der Waals surface area contributed by atoms with Crippen molar-refractivity contribution >= 4 is 39.4 Å². The topological polar surface area (TPSA) is 66.7 Å². The van der Waals surface area contributed by atoms with Gasteiger partial charge >= 0.3 is 0 Å². The summed E-state index contributed by atoms with van der Waals surface area (Å²) in [5.41, 5.74) is 0.750. The van der Waals surface area contributed by atoms with Crippen molar-refractivity contribution in [2.45, 2.75) is 26.3 Å². The van der Waals surface area contributed by atoms with Gasteiger partial charge in [0.25, 0.3) is 5.91 Å². The van der Waals surface area contributed by atoms with Crippen molar-refractivity contribution in [2.75, 3.05) is 32.7 Å². The smallest absolute Gasteiger partial charge is 0.275 e. The first kappa shape index (κ1) is 19.5. The summed E-state index contributed by atoms with van der Waals surface area (Å²) in [6.45, 7) is 9.32. The molecule has 27 heavy (non-hydrogen) atoms. The fraction of sp³-hybridized carbons (Fsp3) is 0.450. The van der Waals surface area contributed by atoms with E-state index in [0.29, 0.717) is 19.6 Å². The van der Waals surface area contributed by atoms with Gasteiger partial charge in [0.1, 0.15) is 5.01 Å². The fourth-order valence-electron chi connectivity index (χ4n) is 3.12. The molecule has 2 N–H and O–H groups in total. The van der Waals surface area contributed by atoms with Gasteiger partial charge in [-0.1, -0.05) is 12.1 Å². The lowest BCUT2D eigenvalue weighted by Gasteiger charge is -2.32. The van der Waals surface area contributed by atoms with Gasteiger partial charge in [0, 0.05) is 11.6 Å². The molecule has 0 unspecified atom stereocenters. The maximum absolute atomic E-state index is 12.4. The molecular weight excluding hydrogens is 360 g/mol. The van der Waals surface area contributed by atoms with E-state index >= 15 is 0 Å². The van der Waals surface area contributed by atoms with Gasteiger partial charge in [0.15, 0.2) is 6.54 Å². The van der Waals surface area contributed by atoms with Gasteiger partial charge in [-0.3, -0.25) is 9.59 Å². The number of nitrogens with one attached hydrogen (secondary N) is 2. The van der Waals surface area contributed by atoms with Crippen molar-refractivity contribution in [3.8, 4) is 0 Å². The van der Waals surface area contributed by atoms with Gasteiger partial charge in [-0.2, -0.15) is 0 Å². The molecule has 1 saturated heterocycles. The first-order chi connectivity index (χ1) is 12.8. The second kappa shape index (κ2) is 8.19. The molecule has 0 atom stereocenters. The molecule has 2 heterocycles. The molecule has 0 saturated carbocycles. The third kappa shape index (κ3) is 5.61. The van der Waals surface area contributed by atoms with E-state index in [-0.39, 0.29) is 17.4 Å². The number of hydrogen-bond acceptors (Lipinski definition) is 4. The lowest BCUT2D eigenvalue weighted by molar-refractivity contribution is -0.896. The maximum atomic E-state index is 12.4. The average Bonchev–Trinajstić information content (AvgIpc) is 3.01. The van der Waals surface area contributed by atoms with E-state index in [0.717, 1.165) is 28.3 Å². The van der Waals surface area contributed by atoms with E-state index < -0.39 is 0 Å². The van der Waals surface area contributed by atoms with Crippen LogP contribution in [0.2, 0.25) is 0 Å². The minimum absolute atomic E-state index is 0.00690. The number of fused-ring (bicyclic) bond motifs is 1. The van der Waals surface area contributed by atoms with Crippen LogP contribution in [0.15, 0.2) is 30.3 Å². The van der Waals surface area contributed by atoms with E-state index in [9.17, 15) is 9.59 Å². The highest BCUT2D eigenvalue weighted by Crippen LogP contribution is 2.22. The number of aromatic nitrogens is 1. The molecular formula is C20H27N4O2S+. The average molecular weight is 388 g/mol. The molecule has 1 aromatic heterocycles. The summed E-state index contributed by atoms with van der Waals surface area (Å²) in [4.78, 5) is 32.1. The van der Waals surface area contributed by atoms with E-state index in [1.807, 2.05) is 49.9 Å². The van der Waals surface area contributed by atoms with Gasteiger partial charge in [-0.15, -0.1) is 11.3 Å². The van der Waals surface area contributed by atoms with Crippen LogP contribution in [-0.2, 0) is 9.59 Å². The summed E-state index contributed by atoms with van der Waals surface area (Å²) in [6, 6.07) is 7.96. The molecule has 0 radical (unpaired) electrons. The SMILES string of the molecule is CC(C)(C)NC(=O)C[NH+]1CCN(C(=O)/C=C/c2nc3ccccc3s2)CC1. The van der Waals surface area contributed by atoms with Crippen molar-refractivity contribution < 1.29 is 14.5 Å². The largest absolute Gasteiger partial charge is 0.347 e. The standard InChI is InChI=1S/C20H26N4O2S/c1-20(2,3)22-17(25)14-23-10-12-24(13-11-23)19(26)9-8-18-21-15-6-4-5-7-16(15)27-18/h4-9H,10-14H2,1-3H3,(H,22,25)/p+1/b9-8+. The Hall–Kier alpha value is -2.25. The van der Waals surface area contributed by atoms with Gasteiger partial charge in [0.2, 0.25) is 5.91 Å². The van der Waals surface area contributed by atoms with Gasteiger partial charge in [0.05, 0.1) is 36.4 Å².